The lowest BCUT2D eigenvalue weighted by Gasteiger charge is -2.06. The maximum absolute atomic E-state index is 10.9. The molecule has 1 amide bonds. The van der Waals surface area contributed by atoms with Crippen LogP contribution in [0.25, 0.3) is 0 Å². The van der Waals surface area contributed by atoms with Crippen LogP contribution in [0.15, 0.2) is 0 Å². The smallest absolute Gasteiger partial charge is 0.328 e. The Kier molecular flexibility index (Phi) is 3.04. The predicted molar refractivity (Wildman–Crippen MR) is 41.2 cm³/mol. The van der Waals surface area contributed by atoms with E-state index in [0.29, 0.717) is 19.6 Å². The third kappa shape index (κ3) is 2.20. The summed E-state index contributed by atoms with van der Waals surface area (Å²) < 4.78 is 4.66. The van der Waals surface area contributed by atoms with Crippen molar-refractivity contribution in [1.29, 1.82) is 0 Å². The summed E-state index contributed by atoms with van der Waals surface area (Å²) in [6.07, 6.45) is 0.818. The highest BCUT2D eigenvalue weighted by molar-refractivity contribution is 5.85. The Morgan fingerprint density at radius 2 is 2.50 bits per heavy atom. The first kappa shape index (κ1) is 8.99. The second-order valence-corrected chi connectivity index (χ2v) is 2.61. The summed E-state index contributed by atoms with van der Waals surface area (Å²) in [6, 6.07) is -0.455. The third-order valence-corrected chi connectivity index (χ3v) is 1.64. The van der Waals surface area contributed by atoms with Crippen LogP contribution in [0.5, 0.6) is 0 Å². The first-order valence-corrected chi connectivity index (χ1v) is 3.90. The molecule has 1 fully saturated rings. The maximum Gasteiger partial charge on any atom is 0.328 e. The van der Waals surface area contributed by atoms with Crippen molar-refractivity contribution in [2.75, 3.05) is 13.2 Å². The molecular formula is C7H12N2O3. The lowest BCUT2D eigenvalue weighted by Crippen LogP contribution is -2.38. The minimum Gasteiger partial charge on any atom is -0.464 e. The second kappa shape index (κ2) is 4.06. The fourth-order valence-electron chi connectivity index (χ4n) is 1.02. The second-order valence-electron chi connectivity index (χ2n) is 2.61. The van der Waals surface area contributed by atoms with Crippen molar-refractivity contribution in [3.05, 3.63) is 0 Å². The van der Waals surface area contributed by atoms with Gasteiger partial charge < -0.3 is 15.8 Å². The molecule has 12 heavy (non-hydrogen) atoms. The highest BCUT2D eigenvalue weighted by Gasteiger charge is 2.27. The zero-order valence-electron chi connectivity index (χ0n) is 6.71. The van der Waals surface area contributed by atoms with Gasteiger partial charge in [0.25, 0.3) is 0 Å². The molecule has 1 saturated heterocycles. The van der Waals surface area contributed by atoms with E-state index < -0.39 is 6.04 Å². The zero-order chi connectivity index (χ0) is 8.97. The quantitative estimate of drug-likeness (QED) is 0.522. The molecule has 5 nitrogen and oxygen atoms in total. The topological polar surface area (TPSA) is 81.4 Å². The van der Waals surface area contributed by atoms with Crippen LogP contribution in [0.2, 0.25) is 0 Å². The Labute approximate surface area is 70.2 Å². The third-order valence-electron chi connectivity index (χ3n) is 1.64. The van der Waals surface area contributed by atoms with E-state index in [-0.39, 0.29) is 18.3 Å². The van der Waals surface area contributed by atoms with Gasteiger partial charge in [-0.1, -0.05) is 0 Å². The maximum atomic E-state index is 10.9. The molecule has 0 bridgehead atoms. The van der Waals surface area contributed by atoms with Crippen LogP contribution in [0.1, 0.15) is 12.8 Å². The molecule has 0 saturated carbocycles. The van der Waals surface area contributed by atoms with E-state index in [1.807, 2.05) is 0 Å². The number of hydrogen-bond acceptors (Lipinski definition) is 4. The molecule has 1 aliphatic rings. The Hall–Kier alpha value is -1.10. The van der Waals surface area contributed by atoms with Crippen molar-refractivity contribution in [1.82, 2.24) is 5.32 Å². The molecule has 0 unspecified atom stereocenters. The number of carbonyl (C=O) groups excluding carboxylic acids is 2. The largest absolute Gasteiger partial charge is 0.464 e. The molecule has 0 radical (unpaired) electrons. The first-order chi connectivity index (χ1) is 5.74. The van der Waals surface area contributed by atoms with Crippen LogP contribution < -0.4 is 11.1 Å². The van der Waals surface area contributed by atoms with Gasteiger partial charge in [-0.15, -0.1) is 0 Å². The Bertz CT molecular complexity index is 193. The standard InChI is InChI=1S/C7H12N2O3/c8-3-1-6(10)9-5-2-4-12-7(5)11/h5H,1-4,8H2,(H,9,10)/t5-/m0/s1. The number of carbonyl (C=O) groups is 2. The molecule has 0 aliphatic carbocycles. The molecule has 0 spiro atoms. The lowest BCUT2D eigenvalue weighted by molar-refractivity contribution is -0.141. The van der Waals surface area contributed by atoms with Crippen LogP contribution in [0, 0.1) is 0 Å². The average Bonchev–Trinajstić information content (AvgIpc) is 2.37. The molecule has 68 valence electrons. The summed E-state index contributed by atoms with van der Waals surface area (Å²) in [4.78, 5) is 21.8. The van der Waals surface area contributed by atoms with Gasteiger partial charge in [-0.3, -0.25) is 4.79 Å². The van der Waals surface area contributed by atoms with Crippen LogP contribution in [-0.2, 0) is 14.3 Å². The fraction of sp³-hybridized carbons (Fsp3) is 0.714. The van der Waals surface area contributed by atoms with Crippen LogP contribution in [0.4, 0.5) is 0 Å². The van der Waals surface area contributed by atoms with Gasteiger partial charge in [-0.2, -0.15) is 0 Å². The number of nitrogens with two attached hydrogens (primary N) is 1. The monoisotopic (exact) mass is 172 g/mol. The minimum absolute atomic E-state index is 0.193. The number of esters is 1. The number of nitrogens with one attached hydrogen (secondary N) is 1. The normalized spacial score (nSPS) is 22.1. The first-order valence-electron chi connectivity index (χ1n) is 3.90. The van der Waals surface area contributed by atoms with Crippen molar-refractivity contribution in [2.24, 2.45) is 5.73 Å². The molecule has 1 aliphatic heterocycles. The van der Waals surface area contributed by atoms with Gasteiger partial charge in [0, 0.05) is 19.4 Å². The van der Waals surface area contributed by atoms with E-state index in [1.54, 1.807) is 0 Å². The Morgan fingerprint density at radius 3 is 3.00 bits per heavy atom. The number of amides is 1. The van der Waals surface area contributed by atoms with Crippen molar-refractivity contribution in [3.63, 3.8) is 0 Å². The predicted octanol–water partition coefficient (Wildman–Crippen LogP) is -1.23. The summed E-state index contributed by atoms with van der Waals surface area (Å²) in [5.41, 5.74) is 5.16. The zero-order valence-corrected chi connectivity index (χ0v) is 6.71. The molecular weight excluding hydrogens is 160 g/mol. The van der Waals surface area contributed by atoms with E-state index in [0.717, 1.165) is 0 Å². The number of ether oxygens (including phenoxy) is 1. The molecule has 0 aromatic rings. The van der Waals surface area contributed by atoms with E-state index in [9.17, 15) is 9.59 Å². The number of hydrogen-bond donors (Lipinski definition) is 2. The van der Waals surface area contributed by atoms with Gasteiger partial charge in [0.05, 0.1) is 6.61 Å². The molecule has 0 aromatic heterocycles. The van der Waals surface area contributed by atoms with Gasteiger partial charge in [0.15, 0.2) is 0 Å². The van der Waals surface area contributed by atoms with E-state index >= 15 is 0 Å². The summed E-state index contributed by atoms with van der Waals surface area (Å²) in [7, 11) is 0. The summed E-state index contributed by atoms with van der Waals surface area (Å²) in [5, 5.41) is 2.54. The number of rotatable bonds is 3. The summed E-state index contributed by atoms with van der Waals surface area (Å²) in [5.74, 6) is -0.540. The molecule has 1 atom stereocenters. The van der Waals surface area contributed by atoms with Crippen molar-refractivity contribution < 1.29 is 14.3 Å². The molecule has 3 N–H and O–H groups in total. The summed E-state index contributed by atoms with van der Waals surface area (Å²) >= 11 is 0. The van der Waals surface area contributed by atoms with Crippen LogP contribution in [-0.4, -0.2) is 31.1 Å². The molecule has 5 heteroatoms. The van der Waals surface area contributed by atoms with Gasteiger partial charge in [0.2, 0.25) is 5.91 Å². The molecule has 1 rings (SSSR count). The van der Waals surface area contributed by atoms with Gasteiger partial charge in [-0.25, -0.2) is 4.79 Å². The van der Waals surface area contributed by atoms with Crippen molar-refractivity contribution in [3.8, 4) is 0 Å². The van der Waals surface area contributed by atoms with E-state index in [4.69, 9.17) is 5.73 Å². The van der Waals surface area contributed by atoms with Gasteiger partial charge in [0.1, 0.15) is 6.04 Å². The van der Waals surface area contributed by atoms with Crippen LogP contribution in [0.3, 0.4) is 0 Å². The van der Waals surface area contributed by atoms with Crippen LogP contribution >= 0.6 is 0 Å². The highest BCUT2D eigenvalue weighted by Crippen LogP contribution is 2.05. The summed E-state index contributed by atoms with van der Waals surface area (Å²) in [6.45, 7) is 0.694. The van der Waals surface area contributed by atoms with E-state index in [1.165, 1.54) is 0 Å². The molecule has 1 heterocycles. The molecule has 0 aromatic carbocycles. The lowest BCUT2D eigenvalue weighted by atomic mass is 10.2. The number of cyclic esters (lactones) is 1. The fourth-order valence-corrected chi connectivity index (χ4v) is 1.02. The Morgan fingerprint density at radius 1 is 1.75 bits per heavy atom. The SMILES string of the molecule is NCCC(=O)N[C@H]1CCOC1=O. The van der Waals surface area contributed by atoms with Crippen molar-refractivity contribution >= 4 is 11.9 Å². The van der Waals surface area contributed by atoms with Gasteiger partial charge in [-0.05, 0) is 0 Å². The van der Waals surface area contributed by atoms with E-state index in [2.05, 4.69) is 10.1 Å². The van der Waals surface area contributed by atoms with Crippen molar-refractivity contribution in [2.45, 2.75) is 18.9 Å². The Balaban J connectivity index is 2.30. The minimum atomic E-state index is -0.455. The average molecular weight is 172 g/mol. The highest BCUT2D eigenvalue weighted by atomic mass is 16.5. The van der Waals surface area contributed by atoms with Gasteiger partial charge >= 0.3 is 5.97 Å².